The molecule has 6 N–H and O–H groups in total. The summed E-state index contributed by atoms with van der Waals surface area (Å²) in [6.07, 6.45) is 61.1. The normalized spacial score (nSPS) is 18.9. The van der Waals surface area contributed by atoms with Crippen molar-refractivity contribution in [2.45, 2.75) is 339 Å². The van der Waals surface area contributed by atoms with Crippen LogP contribution in [0.1, 0.15) is 296 Å². The molecule has 1 rings (SSSR count). The van der Waals surface area contributed by atoms with Crippen molar-refractivity contribution in [1.29, 1.82) is 0 Å². The Morgan fingerprint density at radius 1 is 0.468 bits per heavy atom. The summed E-state index contributed by atoms with van der Waals surface area (Å²) in [5.74, 6) is -0.199. The molecule has 7 unspecified atom stereocenters. The van der Waals surface area contributed by atoms with Crippen LogP contribution < -0.4 is 5.32 Å². The van der Waals surface area contributed by atoms with E-state index in [4.69, 9.17) is 14.2 Å². The van der Waals surface area contributed by atoms with Gasteiger partial charge in [-0.2, -0.15) is 0 Å². The third-order valence-electron chi connectivity index (χ3n) is 15.1. The van der Waals surface area contributed by atoms with Crippen LogP contribution in [0.15, 0.2) is 48.6 Å². The number of carbonyl (C=O) groups is 2. The molecule has 1 fully saturated rings. The Hall–Kier alpha value is -2.38. The number of rotatable bonds is 56. The van der Waals surface area contributed by atoms with Crippen molar-refractivity contribution in [3.05, 3.63) is 48.6 Å². The van der Waals surface area contributed by atoms with Crippen molar-refractivity contribution in [1.82, 2.24) is 5.32 Å². The number of aliphatic hydroxyl groups is 5. The van der Waals surface area contributed by atoms with Gasteiger partial charge in [0.05, 0.1) is 32.0 Å². The number of allylic oxidation sites excluding steroid dienone is 7. The molecule has 11 nitrogen and oxygen atoms in total. The van der Waals surface area contributed by atoms with Crippen molar-refractivity contribution in [3.63, 3.8) is 0 Å². The average Bonchev–Trinajstić information content (AvgIpc) is 3.43. The summed E-state index contributed by atoms with van der Waals surface area (Å²) < 4.78 is 16.7. The Morgan fingerprint density at radius 3 is 1.29 bits per heavy atom. The van der Waals surface area contributed by atoms with E-state index in [0.29, 0.717) is 19.4 Å². The minimum atomic E-state index is -1.58. The molecule has 7 atom stereocenters. The summed E-state index contributed by atoms with van der Waals surface area (Å²) in [7, 11) is 0. The summed E-state index contributed by atoms with van der Waals surface area (Å²) >= 11 is 0. The maximum atomic E-state index is 13.0. The van der Waals surface area contributed by atoms with Crippen molar-refractivity contribution >= 4 is 11.9 Å². The van der Waals surface area contributed by atoms with Crippen molar-refractivity contribution in [2.24, 2.45) is 0 Å². The number of unbranched alkanes of at least 4 members (excludes halogenated alkanes) is 36. The molecule has 1 heterocycles. The van der Waals surface area contributed by atoms with E-state index >= 15 is 0 Å². The molecule has 0 aromatic rings. The molecule has 0 radical (unpaired) electrons. The molecule has 1 amide bonds. The van der Waals surface area contributed by atoms with Gasteiger partial charge in [-0.1, -0.05) is 236 Å². The molecule has 0 bridgehead atoms. The number of carbonyl (C=O) groups excluding carboxylic acids is 2. The molecule has 0 aromatic heterocycles. The second-order valence-corrected chi connectivity index (χ2v) is 22.4. The van der Waals surface area contributed by atoms with Gasteiger partial charge in [-0.3, -0.25) is 9.59 Å². The van der Waals surface area contributed by atoms with E-state index in [1.807, 2.05) is 6.08 Å². The number of esters is 1. The topological polar surface area (TPSA) is 175 Å². The van der Waals surface area contributed by atoms with Crippen LogP contribution in [0.25, 0.3) is 0 Å². The number of amides is 1. The van der Waals surface area contributed by atoms with E-state index in [2.05, 4.69) is 55.6 Å². The highest BCUT2D eigenvalue weighted by molar-refractivity contribution is 5.76. The molecule has 1 saturated heterocycles. The zero-order chi connectivity index (χ0) is 55.9. The molecule has 1 aliphatic heterocycles. The van der Waals surface area contributed by atoms with Crippen molar-refractivity contribution in [3.8, 4) is 0 Å². The molecule has 0 saturated carbocycles. The highest BCUT2D eigenvalue weighted by Crippen LogP contribution is 2.23. The standard InChI is InChI=1S/C66H121NO10/c1-3-5-7-9-11-13-14-34-38-42-46-50-54-62(71)75-55-51-47-43-39-35-32-30-28-26-24-22-20-18-16-15-17-19-21-23-25-27-29-31-33-37-41-45-49-53-61(70)67-58(59(69)52-48-44-40-36-12-10-8-6-4-2)57-76-66-65(74)64(73)63(72)60(56-68)77-66/h11-13,15-16,36,48,52,58-60,63-66,68-69,72-74H,3-10,14,17-35,37-47,49-51,53-57H2,1-2H3,(H,67,70)/b13-11-,16-15-,36-12+,52-48+. The maximum absolute atomic E-state index is 13.0. The number of hydrogen-bond donors (Lipinski definition) is 6. The van der Waals surface area contributed by atoms with Gasteiger partial charge >= 0.3 is 5.97 Å². The van der Waals surface area contributed by atoms with Crippen LogP contribution >= 0.6 is 0 Å². The van der Waals surface area contributed by atoms with Crippen LogP contribution in [0.4, 0.5) is 0 Å². The van der Waals surface area contributed by atoms with Crippen molar-refractivity contribution in [2.75, 3.05) is 19.8 Å². The first-order chi connectivity index (χ1) is 37.7. The lowest BCUT2D eigenvalue weighted by atomic mass is 9.99. The number of nitrogens with one attached hydrogen (secondary N) is 1. The summed E-state index contributed by atoms with van der Waals surface area (Å²) in [6.45, 7) is 4.26. The lowest BCUT2D eigenvalue weighted by molar-refractivity contribution is -0.302. The molecular formula is C66H121NO10. The maximum Gasteiger partial charge on any atom is 0.305 e. The van der Waals surface area contributed by atoms with Gasteiger partial charge in [-0.05, 0) is 96.3 Å². The summed E-state index contributed by atoms with van der Waals surface area (Å²) in [6, 6.07) is -0.826. The lowest BCUT2D eigenvalue weighted by Crippen LogP contribution is -2.60. The van der Waals surface area contributed by atoms with E-state index in [9.17, 15) is 35.1 Å². The second kappa shape index (κ2) is 55.5. The fourth-order valence-corrected chi connectivity index (χ4v) is 9.97. The van der Waals surface area contributed by atoms with Crippen LogP contribution in [0.2, 0.25) is 0 Å². The van der Waals surface area contributed by atoms with E-state index < -0.39 is 49.5 Å². The SMILES string of the molecule is CCCCC/C=C\CCCCCCCC(=O)OCCCCCCCCCCCCCC/C=C\CCCCCCCCCCCCCCC(=O)NC(COC1OC(CO)C(O)C(O)C1O)C(O)/C=C/CC/C=C/CCCCC. The fraction of sp³-hybridized carbons (Fsp3) is 0.848. The smallest absolute Gasteiger partial charge is 0.305 e. The van der Waals surface area contributed by atoms with Gasteiger partial charge in [0.1, 0.15) is 24.4 Å². The largest absolute Gasteiger partial charge is 0.466 e. The molecule has 11 heteroatoms. The highest BCUT2D eigenvalue weighted by atomic mass is 16.7. The van der Waals surface area contributed by atoms with Crippen LogP contribution in [0, 0.1) is 0 Å². The van der Waals surface area contributed by atoms with E-state index in [1.165, 1.54) is 212 Å². The summed E-state index contributed by atoms with van der Waals surface area (Å²) in [5, 5.41) is 54.2. The minimum absolute atomic E-state index is 0.00412. The zero-order valence-corrected chi connectivity index (χ0v) is 49.7. The van der Waals surface area contributed by atoms with E-state index in [1.54, 1.807) is 6.08 Å². The molecule has 0 aromatic carbocycles. The third-order valence-corrected chi connectivity index (χ3v) is 15.1. The third kappa shape index (κ3) is 45.0. The first-order valence-corrected chi connectivity index (χ1v) is 32.4. The van der Waals surface area contributed by atoms with Gasteiger partial charge in [-0.15, -0.1) is 0 Å². The van der Waals surface area contributed by atoms with E-state index in [0.717, 1.165) is 57.8 Å². The van der Waals surface area contributed by atoms with Crippen LogP contribution in [-0.4, -0.2) is 100 Å². The Bertz CT molecular complexity index is 1420. The first kappa shape index (κ1) is 72.6. The summed E-state index contributed by atoms with van der Waals surface area (Å²) in [4.78, 5) is 25.0. The van der Waals surface area contributed by atoms with Gasteiger partial charge < -0.3 is 45.1 Å². The number of hydrogen-bond acceptors (Lipinski definition) is 10. The van der Waals surface area contributed by atoms with Crippen LogP contribution in [0.5, 0.6) is 0 Å². The summed E-state index contributed by atoms with van der Waals surface area (Å²) in [5.41, 5.74) is 0. The van der Waals surface area contributed by atoms with Crippen LogP contribution in [0.3, 0.4) is 0 Å². The Kier molecular flexibility index (Phi) is 52.4. The van der Waals surface area contributed by atoms with Gasteiger partial charge in [0.25, 0.3) is 0 Å². The minimum Gasteiger partial charge on any atom is -0.466 e. The average molecular weight is 1090 g/mol. The van der Waals surface area contributed by atoms with E-state index in [-0.39, 0.29) is 18.5 Å². The lowest BCUT2D eigenvalue weighted by Gasteiger charge is -2.40. The van der Waals surface area contributed by atoms with Crippen molar-refractivity contribution < 1.29 is 49.3 Å². The zero-order valence-electron chi connectivity index (χ0n) is 49.7. The fourth-order valence-electron chi connectivity index (χ4n) is 9.97. The molecule has 0 spiro atoms. The predicted molar refractivity (Wildman–Crippen MR) is 320 cm³/mol. The monoisotopic (exact) mass is 1090 g/mol. The van der Waals surface area contributed by atoms with Gasteiger partial charge in [0.15, 0.2) is 6.29 Å². The quantitative estimate of drug-likeness (QED) is 0.0195. The molecule has 0 aliphatic carbocycles. The van der Waals surface area contributed by atoms with Gasteiger partial charge in [0, 0.05) is 12.8 Å². The molecule has 1 aliphatic rings. The van der Waals surface area contributed by atoms with Crippen LogP contribution in [-0.2, 0) is 23.8 Å². The highest BCUT2D eigenvalue weighted by Gasteiger charge is 2.44. The Labute approximate surface area is 472 Å². The molecule has 450 valence electrons. The van der Waals surface area contributed by atoms with Gasteiger partial charge in [-0.25, -0.2) is 0 Å². The first-order valence-electron chi connectivity index (χ1n) is 32.4. The predicted octanol–water partition coefficient (Wildman–Crippen LogP) is 15.6. The Morgan fingerprint density at radius 2 is 0.844 bits per heavy atom. The molecular weight excluding hydrogens is 967 g/mol. The Balaban J connectivity index is 1.96. The number of ether oxygens (including phenoxy) is 3. The van der Waals surface area contributed by atoms with Gasteiger partial charge in [0.2, 0.25) is 5.91 Å². The second-order valence-electron chi connectivity index (χ2n) is 22.4. The molecule has 77 heavy (non-hydrogen) atoms. The number of aliphatic hydroxyl groups excluding tert-OH is 5.